The maximum absolute atomic E-state index is 5.98. The van der Waals surface area contributed by atoms with Gasteiger partial charge in [-0.25, -0.2) is 0 Å². The SMILES string of the molecule is COc1cccc2c1N1C(c3ccccc3)C[C@]34CCCN5CC[C@]2([C@H]53)[C@H]1CC4. The Morgan fingerprint density at radius 1 is 0.966 bits per heavy atom. The molecule has 1 aliphatic carbocycles. The van der Waals surface area contributed by atoms with Gasteiger partial charge in [-0.1, -0.05) is 42.5 Å². The Bertz CT molecular complexity index is 974. The van der Waals surface area contributed by atoms with Crippen molar-refractivity contribution in [2.75, 3.05) is 25.1 Å². The van der Waals surface area contributed by atoms with Gasteiger partial charge in [-0.05, 0) is 74.2 Å². The molecule has 2 aromatic rings. The van der Waals surface area contributed by atoms with Crippen LogP contribution < -0.4 is 9.64 Å². The lowest BCUT2D eigenvalue weighted by Crippen LogP contribution is -2.62. The van der Waals surface area contributed by atoms with Crippen molar-refractivity contribution in [2.24, 2.45) is 5.41 Å². The summed E-state index contributed by atoms with van der Waals surface area (Å²) in [5.41, 5.74) is 5.27. The molecule has 8 rings (SSSR count). The molecule has 1 saturated carbocycles. The number of piperidine rings is 1. The number of hydrogen-bond acceptors (Lipinski definition) is 3. The number of hydrogen-bond donors (Lipinski definition) is 0. The minimum atomic E-state index is 0.298. The van der Waals surface area contributed by atoms with E-state index >= 15 is 0 Å². The van der Waals surface area contributed by atoms with Gasteiger partial charge in [0.1, 0.15) is 5.75 Å². The number of para-hydroxylation sites is 1. The second-order valence-corrected chi connectivity index (χ2v) is 10.1. The predicted molar refractivity (Wildman–Crippen MR) is 116 cm³/mol. The molecule has 0 N–H and O–H groups in total. The summed E-state index contributed by atoms with van der Waals surface area (Å²) >= 11 is 0. The summed E-state index contributed by atoms with van der Waals surface area (Å²) in [6, 6.07) is 20.0. The van der Waals surface area contributed by atoms with Crippen molar-refractivity contribution in [1.82, 2.24) is 4.90 Å². The molecule has 5 heterocycles. The predicted octanol–water partition coefficient (Wildman–Crippen LogP) is 4.91. The minimum Gasteiger partial charge on any atom is -0.495 e. The van der Waals surface area contributed by atoms with Crippen LogP contribution in [0, 0.1) is 5.41 Å². The van der Waals surface area contributed by atoms with Crippen molar-refractivity contribution < 1.29 is 4.74 Å². The third kappa shape index (κ3) is 1.85. The van der Waals surface area contributed by atoms with Crippen LogP contribution in [0.5, 0.6) is 5.75 Å². The Kier molecular flexibility index (Phi) is 3.22. The first-order valence-electron chi connectivity index (χ1n) is 11.5. The zero-order valence-corrected chi connectivity index (χ0v) is 17.3. The quantitative estimate of drug-likeness (QED) is 0.729. The van der Waals surface area contributed by atoms with E-state index in [1.807, 2.05) is 7.11 Å². The van der Waals surface area contributed by atoms with Gasteiger partial charge in [-0.3, -0.25) is 4.90 Å². The van der Waals surface area contributed by atoms with Crippen LogP contribution in [0.25, 0.3) is 0 Å². The molecule has 4 bridgehead atoms. The fraction of sp³-hybridized carbons (Fsp3) is 0.538. The van der Waals surface area contributed by atoms with E-state index < -0.39 is 0 Å². The summed E-state index contributed by atoms with van der Waals surface area (Å²) < 4.78 is 5.98. The van der Waals surface area contributed by atoms with Crippen molar-refractivity contribution in [3.8, 4) is 5.75 Å². The second-order valence-electron chi connectivity index (χ2n) is 10.1. The highest BCUT2D eigenvalue weighted by atomic mass is 16.5. The molecule has 0 radical (unpaired) electrons. The molecule has 0 amide bonds. The molecule has 29 heavy (non-hydrogen) atoms. The van der Waals surface area contributed by atoms with E-state index in [1.165, 1.54) is 62.9 Å². The van der Waals surface area contributed by atoms with Gasteiger partial charge >= 0.3 is 0 Å². The third-order valence-corrected chi connectivity index (χ3v) is 9.31. The number of benzene rings is 2. The third-order valence-electron chi connectivity index (χ3n) is 9.31. The summed E-state index contributed by atoms with van der Waals surface area (Å²) in [6.07, 6.45) is 8.15. The first kappa shape index (κ1) is 16.8. The van der Waals surface area contributed by atoms with Crippen LogP contribution in [0.4, 0.5) is 5.69 Å². The van der Waals surface area contributed by atoms with Gasteiger partial charge in [-0.2, -0.15) is 0 Å². The standard InChI is InChI=1S/C26H30N2O/c1-29-21-10-5-9-19-23(21)28-20(18-7-3-2-4-8-18)17-25-12-6-15-27-16-14-26(19,24(25)27)22(28)11-13-25/h2-5,7-10,20,22,24H,6,11-17H2,1H3/t20?,22-,24-,25-,26-/m1/s1. The van der Waals surface area contributed by atoms with Gasteiger partial charge in [0.15, 0.2) is 0 Å². The van der Waals surface area contributed by atoms with Gasteiger partial charge in [0.25, 0.3) is 0 Å². The lowest BCUT2D eigenvalue weighted by molar-refractivity contribution is -0.0252. The Balaban J connectivity index is 1.54. The van der Waals surface area contributed by atoms with E-state index in [1.54, 1.807) is 5.56 Å². The number of rotatable bonds is 2. The molecule has 5 fully saturated rings. The zero-order valence-electron chi connectivity index (χ0n) is 17.3. The molecule has 2 spiro atoms. The van der Waals surface area contributed by atoms with Crippen LogP contribution in [-0.4, -0.2) is 37.2 Å². The van der Waals surface area contributed by atoms with Gasteiger partial charge < -0.3 is 9.64 Å². The van der Waals surface area contributed by atoms with E-state index in [2.05, 4.69) is 58.3 Å². The Morgan fingerprint density at radius 3 is 2.72 bits per heavy atom. The van der Waals surface area contributed by atoms with Crippen LogP contribution >= 0.6 is 0 Å². The van der Waals surface area contributed by atoms with Crippen LogP contribution in [0.3, 0.4) is 0 Å². The van der Waals surface area contributed by atoms with Crippen LogP contribution in [0.2, 0.25) is 0 Å². The van der Waals surface area contributed by atoms with E-state index in [-0.39, 0.29) is 0 Å². The van der Waals surface area contributed by atoms with Gasteiger partial charge in [0.2, 0.25) is 0 Å². The van der Waals surface area contributed by atoms with E-state index in [0.717, 1.165) is 5.75 Å². The zero-order chi connectivity index (χ0) is 19.2. The molecular weight excluding hydrogens is 356 g/mol. The minimum absolute atomic E-state index is 0.298. The number of anilines is 1. The van der Waals surface area contributed by atoms with E-state index in [0.29, 0.717) is 29.0 Å². The maximum Gasteiger partial charge on any atom is 0.142 e. The summed E-state index contributed by atoms with van der Waals surface area (Å²) in [6.45, 7) is 2.58. The molecule has 6 aliphatic rings. The summed E-state index contributed by atoms with van der Waals surface area (Å²) in [5, 5.41) is 0. The Labute approximate surface area is 173 Å². The number of methoxy groups -OCH3 is 1. The normalized spacial score (nSPS) is 39.2. The van der Waals surface area contributed by atoms with Crippen LogP contribution in [-0.2, 0) is 5.41 Å². The van der Waals surface area contributed by atoms with Crippen molar-refractivity contribution in [3.63, 3.8) is 0 Å². The average Bonchev–Trinajstić information content (AvgIpc) is 3.21. The number of ether oxygens (including phenoxy) is 1. The lowest BCUT2D eigenvalue weighted by atomic mass is 9.52. The Hall–Kier alpha value is -2.00. The second kappa shape index (κ2) is 5.57. The number of fused-ring (bicyclic) bond motifs is 3. The molecule has 4 saturated heterocycles. The van der Waals surface area contributed by atoms with E-state index in [4.69, 9.17) is 4.74 Å². The van der Waals surface area contributed by atoms with Gasteiger partial charge in [-0.15, -0.1) is 0 Å². The van der Waals surface area contributed by atoms with Crippen molar-refractivity contribution in [2.45, 2.75) is 62.1 Å². The first-order chi connectivity index (χ1) is 14.3. The maximum atomic E-state index is 5.98. The molecular formula is C26H30N2O. The van der Waals surface area contributed by atoms with E-state index in [9.17, 15) is 0 Å². The monoisotopic (exact) mass is 386 g/mol. The molecule has 150 valence electrons. The van der Waals surface area contributed by atoms with Crippen LogP contribution in [0.1, 0.15) is 55.7 Å². The van der Waals surface area contributed by atoms with Crippen molar-refractivity contribution in [3.05, 3.63) is 59.7 Å². The molecule has 0 aromatic heterocycles. The average molecular weight is 387 g/mol. The van der Waals surface area contributed by atoms with Gasteiger partial charge in [0, 0.05) is 17.5 Å². The largest absolute Gasteiger partial charge is 0.495 e. The number of nitrogens with zero attached hydrogens (tertiary/aromatic N) is 2. The molecule has 5 atom stereocenters. The highest BCUT2D eigenvalue weighted by molar-refractivity contribution is 5.75. The lowest BCUT2D eigenvalue weighted by Gasteiger charge is -2.56. The highest BCUT2D eigenvalue weighted by Crippen LogP contribution is 2.71. The molecule has 2 aromatic carbocycles. The van der Waals surface area contributed by atoms with Crippen molar-refractivity contribution >= 4 is 5.69 Å². The van der Waals surface area contributed by atoms with Crippen LogP contribution in [0.15, 0.2) is 48.5 Å². The topological polar surface area (TPSA) is 15.7 Å². The highest BCUT2D eigenvalue weighted by Gasteiger charge is 2.71. The molecule has 3 nitrogen and oxygen atoms in total. The summed E-state index contributed by atoms with van der Waals surface area (Å²) in [4.78, 5) is 5.75. The van der Waals surface area contributed by atoms with Gasteiger partial charge in [0.05, 0.1) is 18.8 Å². The summed E-state index contributed by atoms with van der Waals surface area (Å²) in [7, 11) is 1.85. The fourth-order valence-corrected chi connectivity index (χ4v) is 8.62. The molecule has 1 unspecified atom stereocenters. The van der Waals surface area contributed by atoms with Crippen molar-refractivity contribution in [1.29, 1.82) is 0 Å². The molecule has 3 heteroatoms. The Morgan fingerprint density at radius 2 is 1.86 bits per heavy atom. The summed E-state index contributed by atoms with van der Waals surface area (Å²) in [5.74, 6) is 1.08. The molecule has 5 aliphatic heterocycles. The fourth-order valence-electron chi connectivity index (χ4n) is 8.62. The first-order valence-corrected chi connectivity index (χ1v) is 11.5. The smallest absolute Gasteiger partial charge is 0.142 e.